The Labute approximate surface area is 148 Å². The lowest BCUT2D eigenvalue weighted by molar-refractivity contribution is -0.128. The molecule has 0 fully saturated rings. The fraction of sp³-hybridized carbons (Fsp3) is 0.167. The number of hydrogen-bond acceptors (Lipinski definition) is 6. The van der Waals surface area contributed by atoms with Gasteiger partial charge in [-0.05, 0) is 29.1 Å². The van der Waals surface area contributed by atoms with Gasteiger partial charge in [0.25, 0.3) is 5.91 Å². The van der Waals surface area contributed by atoms with E-state index in [-0.39, 0.29) is 11.4 Å². The molecule has 2 aromatic rings. The van der Waals surface area contributed by atoms with Crippen LogP contribution in [0.3, 0.4) is 0 Å². The summed E-state index contributed by atoms with van der Waals surface area (Å²) in [5.41, 5.74) is 1.02. The molecule has 0 saturated heterocycles. The van der Waals surface area contributed by atoms with E-state index in [9.17, 15) is 19.5 Å². The number of benzene rings is 1. The molecule has 0 aliphatic carbocycles. The van der Waals surface area contributed by atoms with Crippen LogP contribution in [0.5, 0.6) is 0 Å². The number of esters is 1. The lowest BCUT2D eigenvalue weighted by Crippen LogP contribution is -2.26. The van der Waals surface area contributed by atoms with Gasteiger partial charge in [0, 0.05) is 7.05 Å². The van der Waals surface area contributed by atoms with E-state index in [2.05, 4.69) is 4.74 Å². The van der Waals surface area contributed by atoms with Crippen LogP contribution in [0.15, 0.2) is 53.1 Å². The van der Waals surface area contributed by atoms with Crippen LogP contribution in [0.25, 0.3) is 0 Å². The molecule has 6 nitrogen and oxygen atoms in total. The van der Waals surface area contributed by atoms with E-state index in [1.165, 1.54) is 30.4 Å². The van der Waals surface area contributed by atoms with Crippen molar-refractivity contribution in [3.8, 4) is 0 Å². The highest BCUT2D eigenvalue weighted by atomic mass is 32.1. The van der Waals surface area contributed by atoms with Gasteiger partial charge in [0.15, 0.2) is 5.76 Å². The molecule has 0 spiro atoms. The number of amides is 1. The SMILES string of the molecule is COC(=O)c1ccc(C2C(C(=O)c3cccs3)=C(O)C(=O)N2C)cc1. The number of nitrogens with zero attached hydrogens (tertiary/aromatic N) is 1. The van der Waals surface area contributed by atoms with Crippen LogP contribution in [0, 0.1) is 0 Å². The molecule has 1 aromatic carbocycles. The van der Waals surface area contributed by atoms with Crippen molar-refractivity contribution in [1.82, 2.24) is 4.90 Å². The number of aliphatic hydroxyl groups excluding tert-OH is 1. The Morgan fingerprint density at radius 2 is 1.88 bits per heavy atom. The zero-order chi connectivity index (χ0) is 18.1. The summed E-state index contributed by atoms with van der Waals surface area (Å²) in [7, 11) is 2.81. The van der Waals surface area contributed by atoms with Crippen LogP contribution in [-0.2, 0) is 9.53 Å². The monoisotopic (exact) mass is 357 g/mol. The molecule has 25 heavy (non-hydrogen) atoms. The number of carbonyl (C=O) groups excluding carboxylic acids is 3. The Hall–Kier alpha value is -2.93. The van der Waals surface area contributed by atoms with Gasteiger partial charge in [-0.3, -0.25) is 9.59 Å². The van der Waals surface area contributed by atoms with Crippen molar-refractivity contribution < 1.29 is 24.2 Å². The molecular formula is C18H15NO5S. The second-order valence-electron chi connectivity index (χ2n) is 5.50. The first-order valence-corrected chi connectivity index (χ1v) is 8.30. The second kappa shape index (κ2) is 6.52. The summed E-state index contributed by atoms with van der Waals surface area (Å²) in [6.07, 6.45) is 0. The third-order valence-corrected chi connectivity index (χ3v) is 4.94. The van der Waals surface area contributed by atoms with Crippen molar-refractivity contribution in [2.45, 2.75) is 6.04 Å². The number of ketones is 1. The third-order valence-electron chi connectivity index (χ3n) is 4.08. The topological polar surface area (TPSA) is 83.9 Å². The normalized spacial score (nSPS) is 17.1. The molecule has 1 N–H and O–H groups in total. The van der Waals surface area contributed by atoms with Gasteiger partial charge >= 0.3 is 5.97 Å². The maximum absolute atomic E-state index is 12.8. The van der Waals surface area contributed by atoms with Gasteiger partial charge in [-0.15, -0.1) is 11.3 Å². The van der Waals surface area contributed by atoms with Gasteiger partial charge in [0.05, 0.1) is 29.2 Å². The first-order chi connectivity index (χ1) is 12.0. The van der Waals surface area contributed by atoms with E-state index in [1.807, 2.05) is 0 Å². The van der Waals surface area contributed by atoms with Crippen LogP contribution in [0.2, 0.25) is 0 Å². The summed E-state index contributed by atoms with van der Waals surface area (Å²) in [4.78, 5) is 38.3. The molecule has 3 rings (SSSR count). The fourth-order valence-corrected chi connectivity index (χ4v) is 3.48. The number of rotatable bonds is 4. The Kier molecular flexibility index (Phi) is 4.41. The molecule has 1 unspecified atom stereocenters. The van der Waals surface area contributed by atoms with E-state index in [1.54, 1.807) is 41.8 Å². The molecule has 0 saturated carbocycles. The van der Waals surface area contributed by atoms with E-state index >= 15 is 0 Å². The maximum Gasteiger partial charge on any atom is 0.337 e. The highest BCUT2D eigenvalue weighted by Crippen LogP contribution is 2.38. The molecule has 1 atom stereocenters. The van der Waals surface area contributed by atoms with Gasteiger partial charge < -0.3 is 14.7 Å². The van der Waals surface area contributed by atoms with Crippen LogP contribution < -0.4 is 0 Å². The number of carbonyl (C=O) groups is 3. The summed E-state index contributed by atoms with van der Waals surface area (Å²) in [5.74, 6) is -2.01. The third kappa shape index (κ3) is 2.83. The van der Waals surface area contributed by atoms with Gasteiger partial charge in [0.1, 0.15) is 0 Å². The number of methoxy groups -OCH3 is 1. The summed E-state index contributed by atoms with van der Waals surface area (Å²) < 4.78 is 4.66. The van der Waals surface area contributed by atoms with Crippen LogP contribution in [0.4, 0.5) is 0 Å². The van der Waals surface area contributed by atoms with Crippen LogP contribution in [0.1, 0.15) is 31.6 Å². The first kappa shape index (κ1) is 16.9. The van der Waals surface area contributed by atoms with E-state index < -0.39 is 23.7 Å². The number of Topliss-reactive ketones (excluding diaryl/α,β-unsaturated/α-hetero) is 1. The van der Waals surface area contributed by atoms with Crippen molar-refractivity contribution in [2.24, 2.45) is 0 Å². The molecule has 1 aromatic heterocycles. The highest BCUT2D eigenvalue weighted by molar-refractivity contribution is 7.12. The van der Waals surface area contributed by atoms with E-state index in [0.717, 1.165) is 0 Å². The van der Waals surface area contributed by atoms with E-state index in [0.29, 0.717) is 16.0 Å². The minimum absolute atomic E-state index is 0.0424. The number of hydrogen-bond donors (Lipinski definition) is 1. The van der Waals surface area contributed by atoms with Gasteiger partial charge in [-0.25, -0.2) is 4.79 Å². The van der Waals surface area contributed by atoms with Crippen LogP contribution in [-0.4, -0.2) is 41.8 Å². The first-order valence-electron chi connectivity index (χ1n) is 7.42. The minimum Gasteiger partial charge on any atom is -0.503 e. The Bertz CT molecular complexity index is 867. The lowest BCUT2D eigenvalue weighted by atomic mass is 9.95. The summed E-state index contributed by atoms with van der Waals surface area (Å²) in [6.45, 7) is 0. The van der Waals surface area contributed by atoms with Crippen molar-refractivity contribution in [3.05, 3.63) is 69.1 Å². The quantitative estimate of drug-likeness (QED) is 0.672. The van der Waals surface area contributed by atoms with Crippen LogP contribution >= 0.6 is 11.3 Å². The molecule has 1 amide bonds. The predicted octanol–water partition coefficient (Wildman–Crippen LogP) is 2.74. The lowest BCUT2D eigenvalue weighted by Gasteiger charge is -2.22. The molecule has 1 aliphatic heterocycles. The Balaban J connectivity index is 2.02. The van der Waals surface area contributed by atoms with Crippen molar-refractivity contribution in [1.29, 1.82) is 0 Å². The Morgan fingerprint density at radius 1 is 1.20 bits per heavy atom. The smallest absolute Gasteiger partial charge is 0.337 e. The summed E-state index contributed by atoms with van der Waals surface area (Å²) in [6, 6.07) is 9.06. The van der Waals surface area contributed by atoms with Crippen molar-refractivity contribution in [2.75, 3.05) is 14.2 Å². The van der Waals surface area contributed by atoms with Gasteiger partial charge in [0.2, 0.25) is 5.78 Å². The van der Waals surface area contributed by atoms with Gasteiger partial charge in [-0.1, -0.05) is 18.2 Å². The molecule has 0 bridgehead atoms. The Morgan fingerprint density at radius 3 is 2.44 bits per heavy atom. The molecule has 1 aliphatic rings. The standard InChI is InChI=1S/C18H15NO5S/c1-19-14(10-5-7-11(8-6-10)18(23)24-2)13(16(21)17(19)22)15(20)12-4-3-9-25-12/h3-9,14,21H,1-2H3. The fourth-order valence-electron chi connectivity index (χ4n) is 2.80. The van der Waals surface area contributed by atoms with E-state index in [4.69, 9.17) is 0 Å². The second-order valence-corrected chi connectivity index (χ2v) is 6.45. The molecule has 7 heteroatoms. The molecule has 0 radical (unpaired) electrons. The molecule has 2 heterocycles. The predicted molar refractivity (Wildman–Crippen MR) is 91.6 cm³/mol. The minimum atomic E-state index is -0.714. The molecular weight excluding hydrogens is 342 g/mol. The van der Waals surface area contributed by atoms with Crippen molar-refractivity contribution in [3.63, 3.8) is 0 Å². The van der Waals surface area contributed by atoms with Gasteiger partial charge in [-0.2, -0.15) is 0 Å². The molecule has 128 valence electrons. The number of likely N-dealkylation sites (N-methyl/N-ethyl adjacent to an activating group) is 1. The zero-order valence-electron chi connectivity index (χ0n) is 13.6. The average molecular weight is 357 g/mol. The van der Waals surface area contributed by atoms with Crippen molar-refractivity contribution >= 4 is 29.0 Å². The highest BCUT2D eigenvalue weighted by Gasteiger charge is 2.42. The number of aliphatic hydroxyl groups is 1. The largest absolute Gasteiger partial charge is 0.503 e. The number of thiophene rings is 1. The summed E-state index contributed by atoms with van der Waals surface area (Å²) in [5, 5.41) is 12.0. The summed E-state index contributed by atoms with van der Waals surface area (Å²) >= 11 is 1.24. The zero-order valence-corrected chi connectivity index (χ0v) is 14.4. The number of ether oxygens (including phenoxy) is 1. The maximum atomic E-state index is 12.8. The average Bonchev–Trinajstić information content (AvgIpc) is 3.24.